The van der Waals surface area contributed by atoms with Gasteiger partial charge in [0.1, 0.15) is 0 Å². The van der Waals surface area contributed by atoms with Crippen LogP contribution in [0.4, 0.5) is 0 Å². The number of hydrogen-bond donors (Lipinski definition) is 1. The summed E-state index contributed by atoms with van der Waals surface area (Å²) in [6.45, 7) is 3.98. The molecule has 1 unspecified atom stereocenters. The van der Waals surface area contributed by atoms with E-state index < -0.39 is 12.1 Å². The number of aliphatic carboxylic acids is 1. The topological polar surface area (TPSA) is 63.6 Å². The van der Waals surface area contributed by atoms with Gasteiger partial charge in [-0.05, 0) is 38.5 Å². The molecule has 0 radical (unpaired) electrons. The van der Waals surface area contributed by atoms with Gasteiger partial charge in [-0.25, -0.2) is 4.79 Å². The maximum absolute atomic E-state index is 11.6. The summed E-state index contributed by atoms with van der Waals surface area (Å²) in [5.74, 6) is -1.44. The van der Waals surface area contributed by atoms with Gasteiger partial charge in [0.15, 0.2) is 6.10 Å². The van der Waals surface area contributed by atoms with Crippen LogP contribution in [0.25, 0.3) is 0 Å². The molecular formula is C28H52O4. The van der Waals surface area contributed by atoms with E-state index >= 15 is 0 Å². The molecule has 4 heteroatoms. The molecular weight excluding hydrogens is 400 g/mol. The predicted octanol–water partition coefficient (Wildman–Crippen LogP) is 8.77. The minimum absolute atomic E-state index is 0.316. The van der Waals surface area contributed by atoms with Crippen LogP contribution < -0.4 is 0 Å². The first kappa shape index (κ1) is 30.7. The summed E-state index contributed by atoms with van der Waals surface area (Å²) < 4.78 is 4.96. The highest BCUT2D eigenvalue weighted by Crippen LogP contribution is 2.13. The van der Waals surface area contributed by atoms with Crippen molar-refractivity contribution in [2.24, 2.45) is 0 Å². The summed E-state index contributed by atoms with van der Waals surface area (Å²) in [6.07, 6.45) is 28.8. The average Bonchev–Trinajstić information content (AvgIpc) is 2.78. The molecule has 0 fully saturated rings. The van der Waals surface area contributed by atoms with E-state index in [0.717, 1.165) is 19.3 Å². The summed E-state index contributed by atoms with van der Waals surface area (Å²) in [5.41, 5.74) is 0. The normalized spacial score (nSPS) is 12.3. The molecule has 0 heterocycles. The molecule has 32 heavy (non-hydrogen) atoms. The van der Waals surface area contributed by atoms with Gasteiger partial charge in [0.05, 0.1) is 0 Å². The van der Waals surface area contributed by atoms with E-state index in [4.69, 9.17) is 9.84 Å². The molecule has 0 aromatic heterocycles. The number of carbonyl (C=O) groups is 2. The van der Waals surface area contributed by atoms with Crippen LogP contribution in [0.5, 0.6) is 0 Å². The van der Waals surface area contributed by atoms with Crippen molar-refractivity contribution in [1.82, 2.24) is 0 Å². The van der Waals surface area contributed by atoms with Gasteiger partial charge in [-0.15, -0.1) is 0 Å². The van der Waals surface area contributed by atoms with Crippen LogP contribution in [-0.4, -0.2) is 23.1 Å². The number of ether oxygens (including phenoxy) is 1. The number of rotatable bonds is 24. The zero-order chi connectivity index (χ0) is 23.7. The molecule has 0 aliphatic heterocycles. The molecule has 0 spiro atoms. The van der Waals surface area contributed by atoms with Gasteiger partial charge in [0.25, 0.3) is 0 Å². The smallest absolute Gasteiger partial charge is 0.345 e. The average molecular weight is 453 g/mol. The molecule has 0 aliphatic carbocycles. The van der Waals surface area contributed by atoms with Crippen LogP contribution in [0, 0.1) is 0 Å². The van der Waals surface area contributed by atoms with Crippen molar-refractivity contribution in [3.63, 3.8) is 0 Å². The van der Waals surface area contributed by atoms with E-state index in [-0.39, 0.29) is 5.97 Å². The van der Waals surface area contributed by atoms with E-state index in [1.165, 1.54) is 103 Å². The Morgan fingerprint density at radius 2 is 1.06 bits per heavy atom. The second-order valence-electron chi connectivity index (χ2n) is 9.18. The minimum Gasteiger partial charge on any atom is -0.479 e. The Morgan fingerprint density at radius 1 is 0.656 bits per heavy atom. The molecule has 0 saturated carbocycles. The molecule has 0 aliphatic rings. The summed E-state index contributed by atoms with van der Waals surface area (Å²) in [5, 5.41) is 8.89. The number of carboxylic acids is 1. The molecule has 4 nitrogen and oxygen atoms in total. The van der Waals surface area contributed by atoms with Gasteiger partial charge in [-0.3, -0.25) is 4.79 Å². The standard InChI is InChI=1S/C28H52O4/c1-3-5-6-7-8-9-10-11-12-13-14-15-16-17-18-19-20-21-22-23-24-25-27(29)32-26(4-2)28(30)31/h13-14,26H,3-12,15-25H2,1-2H3,(H,30,31)/b14-13-. The van der Waals surface area contributed by atoms with Crippen LogP contribution in [0.15, 0.2) is 12.2 Å². The lowest BCUT2D eigenvalue weighted by Crippen LogP contribution is -2.26. The molecule has 188 valence electrons. The fourth-order valence-corrected chi connectivity index (χ4v) is 3.93. The number of allylic oxidation sites excluding steroid dienone is 2. The van der Waals surface area contributed by atoms with Crippen molar-refractivity contribution >= 4 is 11.9 Å². The van der Waals surface area contributed by atoms with E-state index in [1.54, 1.807) is 6.92 Å². The summed E-state index contributed by atoms with van der Waals surface area (Å²) in [4.78, 5) is 22.5. The minimum atomic E-state index is -1.06. The molecule has 0 amide bonds. The summed E-state index contributed by atoms with van der Waals surface area (Å²) in [6, 6.07) is 0. The number of hydrogen-bond acceptors (Lipinski definition) is 3. The highest BCUT2D eigenvalue weighted by molar-refractivity contribution is 5.77. The van der Waals surface area contributed by atoms with Crippen molar-refractivity contribution < 1.29 is 19.4 Å². The highest BCUT2D eigenvalue weighted by atomic mass is 16.6. The number of carbonyl (C=O) groups excluding carboxylic acids is 1. The first-order valence-electron chi connectivity index (χ1n) is 13.7. The van der Waals surface area contributed by atoms with Crippen LogP contribution in [-0.2, 0) is 14.3 Å². The Hall–Kier alpha value is -1.32. The summed E-state index contributed by atoms with van der Waals surface area (Å²) in [7, 11) is 0. The highest BCUT2D eigenvalue weighted by Gasteiger charge is 2.19. The maximum Gasteiger partial charge on any atom is 0.345 e. The van der Waals surface area contributed by atoms with E-state index in [1.807, 2.05) is 0 Å². The van der Waals surface area contributed by atoms with Crippen LogP contribution in [0.3, 0.4) is 0 Å². The molecule has 0 rings (SSSR count). The van der Waals surface area contributed by atoms with E-state index in [2.05, 4.69) is 19.1 Å². The molecule has 1 atom stereocenters. The Labute approximate surface area is 198 Å². The number of esters is 1. The SMILES string of the molecule is CCCCCCCCCC/C=C\CCCCCCCCCCCC(=O)OC(CC)C(=O)O. The predicted molar refractivity (Wildman–Crippen MR) is 135 cm³/mol. The van der Waals surface area contributed by atoms with Crippen LogP contribution in [0.2, 0.25) is 0 Å². The molecule has 0 aromatic carbocycles. The van der Waals surface area contributed by atoms with Crippen LogP contribution >= 0.6 is 0 Å². The van der Waals surface area contributed by atoms with Gasteiger partial charge in [0, 0.05) is 6.42 Å². The third-order valence-electron chi connectivity index (χ3n) is 6.06. The molecule has 1 N–H and O–H groups in total. The van der Waals surface area contributed by atoms with Crippen molar-refractivity contribution in [3.05, 3.63) is 12.2 Å². The van der Waals surface area contributed by atoms with E-state index in [0.29, 0.717) is 12.8 Å². The molecule has 0 aromatic rings. The zero-order valence-electron chi connectivity index (χ0n) is 21.3. The lowest BCUT2D eigenvalue weighted by Gasteiger charge is -2.11. The van der Waals surface area contributed by atoms with Gasteiger partial charge >= 0.3 is 11.9 Å². The van der Waals surface area contributed by atoms with Gasteiger partial charge in [0.2, 0.25) is 0 Å². The Bertz CT molecular complexity index is 458. The monoisotopic (exact) mass is 452 g/mol. The largest absolute Gasteiger partial charge is 0.479 e. The number of unbranched alkanes of at least 4 members (excludes halogenated alkanes) is 17. The van der Waals surface area contributed by atoms with Gasteiger partial charge in [-0.1, -0.05) is 116 Å². The van der Waals surface area contributed by atoms with Crippen molar-refractivity contribution in [3.8, 4) is 0 Å². The third-order valence-corrected chi connectivity index (χ3v) is 6.06. The fourth-order valence-electron chi connectivity index (χ4n) is 3.93. The molecule has 0 bridgehead atoms. The fraction of sp³-hybridized carbons (Fsp3) is 0.857. The lowest BCUT2D eigenvalue weighted by atomic mass is 10.1. The zero-order valence-corrected chi connectivity index (χ0v) is 21.3. The maximum atomic E-state index is 11.6. The van der Waals surface area contributed by atoms with Gasteiger partial charge in [-0.2, -0.15) is 0 Å². The van der Waals surface area contributed by atoms with E-state index in [9.17, 15) is 9.59 Å². The second-order valence-corrected chi connectivity index (χ2v) is 9.18. The van der Waals surface area contributed by atoms with Crippen molar-refractivity contribution in [1.29, 1.82) is 0 Å². The lowest BCUT2D eigenvalue weighted by molar-refractivity contribution is -0.164. The first-order valence-corrected chi connectivity index (χ1v) is 13.7. The Morgan fingerprint density at radius 3 is 1.47 bits per heavy atom. The third kappa shape index (κ3) is 21.9. The Kier molecular flexibility index (Phi) is 23.3. The second kappa shape index (κ2) is 24.3. The molecule has 0 saturated heterocycles. The number of carboxylic acid groups (broad SMARTS) is 1. The quantitative estimate of drug-likeness (QED) is 0.0902. The van der Waals surface area contributed by atoms with Crippen molar-refractivity contribution in [2.45, 2.75) is 155 Å². The summed E-state index contributed by atoms with van der Waals surface area (Å²) >= 11 is 0. The van der Waals surface area contributed by atoms with Crippen molar-refractivity contribution in [2.75, 3.05) is 0 Å². The Balaban J connectivity index is 3.27. The van der Waals surface area contributed by atoms with Crippen LogP contribution in [0.1, 0.15) is 149 Å². The van der Waals surface area contributed by atoms with Gasteiger partial charge < -0.3 is 9.84 Å². The first-order chi connectivity index (χ1) is 15.6.